The Hall–Kier alpha value is -3.00. The maximum atomic E-state index is 12.1. The molecule has 1 N–H and O–H groups in total. The monoisotopic (exact) mass is 266 g/mol. The van der Waals surface area contributed by atoms with Crippen molar-refractivity contribution >= 4 is 11.6 Å². The van der Waals surface area contributed by atoms with E-state index in [0.717, 1.165) is 0 Å². The van der Waals surface area contributed by atoms with Crippen LogP contribution in [0.25, 0.3) is 0 Å². The van der Waals surface area contributed by atoms with Gasteiger partial charge in [-0.1, -0.05) is 0 Å². The Morgan fingerprint density at radius 2 is 1.85 bits per heavy atom. The van der Waals surface area contributed by atoms with E-state index in [4.69, 9.17) is 14.7 Å². The van der Waals surface area contributed by atoms with Gasteiger partial charge >= 0.3 is 0 Å². The first-order chi connectivity index (χ1) is 9.76. The first-order valence-electron chi connectivity index (χ1n) is 5.97. The molecule has 0 aliphatic carbocycles. The Morgan fingerprint density at radius 3 is 2.60 bits per heavy atom. The third-order valence-electron chi connectivity index (χ3n) is 2.91. The van der Waals surface area contributed by atoms with Crippen molar-refractivity contribution in [1.82, 2.24) is 0 Å². The maximum Gasteiger partial charge on any atom is 0.255 e. The zero-order valence-electron chi connectivity index (χ0n) is 10.4. The lowest BCUT2D eigenvalue weighted by atomic mass is 10.1. The van der Waals surface area contributed by atoms with E-state index in [2.05, 4.69) is 5.32 Å². The largest absolute Gasteiger partial charge is 0.454 e. The molecular formula is C15H10N2O3. The minimum Gasteiger partial charge on any atom is -0.454 e. The van der Waals surface area contributed by atoms with Crippen molar-refractivity contribution in [3.63, 3.8) is 0 Å². The van der Waals surface area contributed by atoms with Crippen molar-refractivity contribution < 1.29 is 14.3 Å². The van der Waals surface area contributed by atoms with Crippen LogP contribution in [0.4, 0.5) is 5.69 Å². The molecule has 1 amide bonds. The zero-order valence-corrected chi connectivity index (χ0v) is 10.4. The number of fused-ring (bicyclic) bond motifs is 1. The summed E-state index contributed by atoms with van der Waals surface area (Å²) in [5, 5.41) is 11.5. The Bertz CT molecular complexity index is 702. The highest BCUT2D eigenvalue weighted by Crippen LogP contribution is 2.32. The summed E-state index contributed by atoms with van der Waals surface area (Å²) in [7, 11) is 0. The Labute approximate surface area is 115 Å². The second-order valence-electron chi connectivity index (χ2n) is 4.21. The quantitative estimate of drug-likeness (QED) is 0.906. The third-order valence-corrected chi connectivity index (χ3v) is 2.91. The third kappa shape index (κ3) is 2.27. The van der Waals surface area contributed by atoms with Crippen LogP contribution in [0.1, 0.15) is 15.9 Å². The van der Waals surface area contributed by atoms with Crippen LogP contribution in [-0.4, -0.2) is 12.7 Å². The molecule has 3 rings (SSSR count). The molecule has 0 aromatic heterocycles. The first-order valence-corrected chi connectivity index (χ1v) is 5.97. The fraction of sp³-hybridized carbons (Fsp3) is 0.0667. The van der Waals surface area contributed by atoms with Gasteiger partial charge in [0.05, 0.1) is 11.6 Å². The SMILES string of the molecule is N#Cc1ccc(NC(=O)c2ccc3c(c2)OCO3)cc1. The van der Waals surface area contributed by atoms with Crippen LogP contribution < -0.4 is 14.8 Å². The van der Waals surface area contributed by atoms with Gasteiger partial charge in [0, 0.05) is 11.3 Å². The molecule has 1 aliphatic rings. The summed E-state index contributed by atoms with van der Waals surface area (Å²) in [6.07, 6.45) is 0. The van der Waals surface area contributed by atoms with Crippen LogP contribution in [0.15, 0.2) is 42.5 Å². The van der Waals surface area contributed by atoms with Gasteiger partial charge in [0.2, 0.25) is 6.79 Å². The fourth-order valence-corrected chi connectivity index (χ4v) is 1.87. The van der Waals surface area contributed by atoms with Crippen LogP contribution in [0, 0.1) is 11.3 Å². The molecular weight excluding hydrogens is 256 g/mol. The van der Waals surface area contributed by atoms with E-state index in [1.165, 1.54) is 0 Å². The van der Waals surface area contributed by atoms with Crippen molar-refractivity contribution in [1.29, 1.82) is 5.26 Å². The van der Waals surface area contributed by atoms with E-state index in [1.807, 2.05) is 6.07 Å². The molecule has 0 bridgehead atoms. The topological polar surface area (TPSA) is 71.4 Å². The number of rotatable bonds is 2. The lowest BCUT2D eigenvalue weighted by Gasteiger charge is -2.06. The lowest BCUT2D eigenvalue weighted by molar-refractivity contribution is 0.102. The molecule has 2 aromatic rings. The molecule has 1 aliphatic heterocycles. The molecule has 20 heavy (non-hydrogen) atoms. The number of amides is 1. The second-order valence-corrected chi connectivity index (χ2v) is 4.21. The van der Waals surface area contributed by atoms with Gasteiger partial charge in [0.15, 0.2) is 11.5 Å². The number of carbonyl (C=O) groups is 1. The van der Waals surface area contributed by atoms with Gasteiger partial charge in [-0.05, 0) is 42.5 Å². The molecule has 0 atom stereocenters. The smallest absolute Gasteiger partial charge is 0.255 e. The number of ether oxygens (including phenoxy) is 2. The molecule has 5 nitrogen and oxygen atoms in total. The van der Waals surface area contributed by atoms with Gasteiger partial charge in [0.1, 0.15) is 0 Å². The van der Waals surface area contributed by atoms with Crippen LogP contribution in [-0.2, 0) is 0 Å². The van der Waals surface area contributed by atoms with Gasteiger partial charge in [-0.25, -0.2) is 0 Å². The van der Waals surface area contributed by atoms with E-state index < -0.39 is 0 Å². The van der Waals surface area contributed by atoms with Crippen LogP contribution >= 0.6 is 0 Å². The summed E-state index contributed by atoms with van der Waals surface area (Å²) < 4.78 is 10.4. The van der Waals surface area contributed by atoms with Gasteiger partial charge in [0.25, 0.3) is 5.91 Å². The van der Waals surface area contributed by atoms with Crippen LogP contribution in [0.5, 0.6) is 11.5 Å². The summed E-state index contributed by atoms with van der Waals surface area (Å²) in [6.45, 7) is 0.177. The van der Waals surface area contributed by atoms with Gasteiger partial charge < -0.3 is 14.8 Å². The minimum atomic E-state index is -0.243. The summed E-state index contributed by atoms with van der Waals surface area (Å²) in [4.78, 5) is 12.1. The molecule has 98 valence electrons. The molecule has 0 saturated carbocycles. The van der Waals surface area contributed by atoms with E-state index in [-0.39, 0.29) is 12.7 Å². The van der Waals surface area contributed by atoms with E-state index >= 15 is 0 Å². The van der Waals surface area contributed by atoms with E-state index in [1.54, 1.807) is 42.5 Å². The number of benzene rings is 2. The number of nitrogens with zero attached hydrogens (tertiary/aromatic N) is 1. The lowest BCUT2D eigenvalue weighted by Crippen LogP contribution is -2.11. The predicted molar refractivity (Wildman–Crippen MR) is 71.7 cm³/mol. The number of nitrogens with one attached hydrogen (secondary N) is 1. The molecule has 5 heteroatoms. The fourth-order valence-electron chi connectivity index (χ4n) is 1.87. The van der Waals surface area contributed by atoms with Crippen molar-refractivity contribution in [2.45, 2.75) is 0 Å². The van der Waals surface area contributed by atoms with Crippen LogP contribution in [0.3, 0.4) is 0 Å². The van der Waals surface area contributed by atoms with Crippen molar-refractivity contribution in [3.05, 3.63) is 53.6 Å². The van der Waals surface area contributed by atoms with Gasteiger partial charge in [-0.15, -0.1) is 0 Å². The number of anilines is 1. The van der Waals surface area contributed by atoms with Crippen molar-refractivity contribution in [2.75, 3.05) is 12.1 Å². The van der Waals surface area contributed by atoms with Gasteiger partial charge in [-0.2, -0.15) is 5.26 Å². The Morgan fingerprint density at radius 1 is 1.10 bits per heavy atom. The standard InChI is InChI=1S/C15H10N2O3/c16-8-10-1-4-12(5-2-10)17-15(18)11-3-6-13-14(7-11)20-9-19-13/h1-7H,9H2,(H,17,18). The summed E-state index contributed by atoms with van der Waals surface area (Å²) in [5.41, 5.74) is 1.66. The number of carbonyl (C=O) groups excluding carboxylic acids is 1. The number of hydrogen-bond donors (Lipinski definition) is 1. The highest BCUT2D eigenvalue weighted by Gasteiger charge is 2.16. The minimum absolute atomic E-state index is 0.177. The molecule has 0 fully saturated rings. The van der Waals surface area contributed by atoms with E-state index in [0.29, 0.717) is 28.3 Å². The number of nitriles is 1. The Balaban J connectivity index is 1.77. The van der Waals surface area contributed by atoms with E-state index in [9.17, 15) is 4.79 Å². The van der Waals surface area contributed by atoms with Gasteiger partial charge in [-0.3, -0.25) is 4.79 Å². The normalized spacial score (nSPS) is 11.8. The second kappa shape index (κ2) is 4.94. The molecule has 2 aromatic carbocycles. The van der Waals surface area contributed by atoms with Crippen LogP contribution in [0.2, 0.25) is 0 Å². The molecule has 0 radical (unpaired) electrons. The van der Waals surface area contributed by atoms with Crippen molar-refractivity contribution in [3.8, 4) is 17.6 Å². The molecule has 0 spiro atoms. The highest BCUT2D eigenvalue weighted by atomic mass is 16.7. The summed E-state index contributed by atoms with van der Waals surface area (Å²) >= 11 is 0. The summed E-state index contributed by atoms with van der Waals surface area (Å²) in [5.74, 6) is 0.963. The molecule has 0 unspecified atom stereocenters. The molecule has 1 heterocycles. The summed E-state index contributed by atoms with van der Waals surface area (Å²) in [6, 6.07) is 13.7. The van der Waals surface area contributed by atoms with Crippen molar-refractivity contribution in [2.24, 2.45) is 0 Å². The highest BCUT2D eigenvalue weighted by molar-refractivity contribution is 6.04. The predicted octanol–water partition coefficient (Wildman–Crippen LogP) is 2.54. The average Bonchev–Trinajstić information content (AvgIpc) is 2.95. The average molecular weight is 266 g/mol. The maximum absolute atomic E-state index is 12.1. The Kier molecular flexibility index (Phi) is 2.98. The first kappa shape index (κ1) is 12.1. The number of hydrogen-bond acceptors (Lipinski definition) is 4. The molecule has 0 saturated heterocycles. The zero-order chi connectivity index (χ0) is 13.9.